The molecule has 1 rings (SSSR count). The fourth-order valence-electron chi connectivity index (χ4n) is 1.57. The van der Waals surface area contributed by atoms with Crippen LogP contribution in [-0.4, -0.2) is 9.97 Å². The van der Waals surface area contributed by atoms with E-state index in [1.807, 2.05) is 0 Å². The Bertz CT molecular complexity index is 410. The molecule has 0 fully saturated rings. The molecule has 3 nitrogen and oxygen atoms in total. The average Bonchev–Trinajstić information content (AvgIpc) is 2.11. The van der Waals surface area contributed by atoms with Crippen LogP contribution in [0.25, 0.3) is 0 Å². The Labute approximate surface area is 105 Å². The molecule has 0 atom stereocenters. The van der Waals surface area contributed by atoms with Crippen molar-refractivity contribution in [2.75, 3.05) is 0 Å². The number of hydrogen-bond donors (Lipinski definition) is 1. The van der Waals surface area contributed by atoms with Gasteiger partial charge < -0.3 is 4.98 Å². The molecule has 0 spiro atoms. The molecule has 0 aromatic carbocycles. The standard InChI is InChI=1S/C12H19BrN2O/c1-7(2)5-9-11(13)14-10(6-8(3)4)12(16)15-9/h7-8H,5-6H2,1-4H3,(H,15,16). The van der Waals surface area contributed by atoms with E-state index in [9.17, 15) is 4.79 Å². The molecule has 0 radical (unpaired) electrons. The summed E-state index contributed by atoms with van der Waals surface area (Å²) in [6, 6.07) is 0. The third kappa shape index (κ3) is 3.74. The Morgan fingerprint density at radius 1 is 1.19 bits per heavy atom. The maximum atomic E-state index is 11.8. The van der Waals surface area contributed by atoms with Crippen LogP contribution in [0, 0.1) is 11.8 Å². The number of halogens is 1. The van der Waals surface area contributed by atoms with Crippen LogP contribution >= 0.6 is 15.9 Å². The van der Waals surface area contributed by atoms with Crippen molar-refractivity contribution in [3.05, 3.63) is 26.3 Å². The van der Waals surface area contributed by atoms with Crippen molar-refractivity contribution in [2.24, 2.45) is 11.8 Å². The maximum absolute atomic E-state index is 11.8. The molecule has 0 saturated carbocycles. The van der Waals surface area contributed by atoms with Gasteiger partial charge in [-0.3, -0.25) is 4.79 Å². The summed E-state index contributed by atoms with van der Waals surface area (Å²) >= 11 is 3.42. The van der Waals surface area contributed by atoms with Gasteiger partial charge in [-0.2, -0.15) is 0 Å². The van der Waals surface area contributed by atoms with E-state index in [-0.39, 0.29) is 5.56 Å². The lowest BCUT2D eigenvalue weighted by Gasteiger charge is -2.09. The lowest BCUT2D eigenvalue weighted by atomic mass is 10.1. The van der Waals surface area contributed by atoms with Crippen LogP contribution in [0.15, 0.2) is 9.40 Å². The maximum Gasteiger partial charge on any atom is 0.269 e. The summed E-state index contributed by atoms with van der Waals surface area (Å²) in [6.07, 6.45) is 1.56. The molecular weight excluding hydrogens is 268 g/mol. The zero-order valence-corrected chi connectivity index (χ0v) is 11.9. The summed E-state index contributed by atoms with van der Waals surface area (Å²) in [5.74, 6) is 0.946. The second kappa shape index (κ2) is 5.62. The van der Waals surface area contributed by atoms with Crippen molar-refractivity contribution in [1.82, 2.24) is 9.97 Å². The van der Waals surface area contributed by atoms with Gasteiger partial charge in [-0.1, -0.05) is 27.7 Å². The minimum absolute atomic E-state index is 0.0486. The van der Waals surface area contributed by atoms with Gasteiger partial charge in [0.05, 0.1) is 5.69 Å². The van der Waals surface area contributed by atoms with E-state index in [2.05, 4.69) is 53.6 Å². The molecule has 0 aliphatic heterocycles. The molecule has 1 N–H and O–H groups in total. The molecule has 1 aromatic rings. The normalized spacial score (nSPS) is 11.4. The molecule has 16 heavy (non-hydrogen) atoms. The predicted octanol–water partition coefficient (Wildman–Crippen LogP) is 2.93. The Morgan fingerprint density at radius 2 is 1.75 bits per heavy atom. The lowest BCUT2D eigenvalue weighted by Crippen LogP contribution is -2.20. The molecular formula is C12H19BrN2O. The van der Waals surface area contributed by atoms with Crippen molar-refractivity contribution < 1.29 is 0 Å². The van der Waals surface area contributed by atoms with Gasteiger partial charge in [0.2, 0.25) is 0 Å². The van der Waals surface area contributed by atoms with Crippen molar-refractivity contribution in [3.8, 4) is 0 Å². The summed E-state index contributed by atoms with van der Waals surface area (Å²) < 4.78 is 0.774. The van der Waals surface area contributed by atoms with Crippen LogP contribution in [0.1, 0.15) is 39.1 Å². The van der Waals surface area contributed by atoms with Crippen molar-refractivity contribution in [2.45, 2.75) is 40.5 Å². The number of nitrogens with zero attached hydrogens (tertiary/aromatic N) is 1. The van der Waals surface area contributed by atoms with E-state index >= 15 is 0 Å². The second-order valence-corrected chi connectivity index (χ2v) is 5.73. The minimum atomic E-state index is -0.0486. The molecule has 0 bridgehead atoms. The zero-order valence-electron chi connectivity index (χ0n) is 10.3. The molecule has 4 heteroatoms. The third-order valence-corrected chi connectivity index (χ3v) is 2.88. The van der Waals surface area contributed by atoms with Crippen LogP contribution < -0.4 is 5.56 Å². The van der Waals surface area contributed by atoms with Gasteiger partial charge >= 0.3 is 0 Å². The summed E-state index contributed by atoms with van der Waals surface area (Å²) in [7, 11) is 0. The number of hydrogen-bond acceptors (Lipinski definition) is 2. The van der Waals surface area contributed by atoms with E-state index in [1.54, 1.807) is 0 Å². The molecule has 1 heterocycles. The smallest absolute Gasteiger partial charge is 0.269 e. The first-order valence-electron chi connectivity index (χ1n) is 5.67. The van der Waals surface area contributed by atoms with Crippen molar-refractivity contribution in [1.29, 1.82) is 0 Å². The highest BCUT2D eigenvalue weighted by Gasteiger charge is 2.10. The molecule has 90 valence electrons. The third-order valence-electron chi connectivity index (χ3n) is 2.22. The van der Waals surface area contributed by atoms with Gasteiger partial charge in [0.25, 0.3) is 5.56 Å². The SMILES string of the molecule is CC(C)Cc1[nH]c(=O)c(CC(C)C)nc1Br. The number of nitrogens with one attached hydrogen (secondary N) is 1. The molecule has 0 aliphatic rings. The van der Waals surface area contributed by atoms with Gasteiger partial charge in [-0.25, -0.2) is 4.98 Å². The number of H-pyrrole nitrogens is 1. The van der Waals surface area contributed by atoms with Crippen LogP contribution in [0.4, 0.5) is 0 Å². The second-order valence-electron chi connectivity index (χ2n) is 4.98. The summed E-state index contributed by atoms with van der Waals surface area (Å²) in [4.78, 5) is 19.0. The summed E-state index contributed by atoms with van der Waals surface area (Å²) in [6.45, 7) is 8.40. The van der Waals surface area contributed by atoms with Crippen LogP contribution in [0.2, 0.25) is 0 Å². The molecule has 0 amide bonds. The molecule has 1 aromatic heterocycles. The van der Waals surface area contributed by atoms with Gasteiger partial charge in [0, 0.05) is 0 Å². The van der Waals surface area contributed by atoms with Crippen molar-refractivity contribution >= 4 is 15.9 Å². The van der Waals surface area contributed by atoms with Gasteiger partial charge in [0.1, 0.15) is 10.3 Å². The topological polar surface area (TPSA) is 45.8 Å². The van der Waals surface area contributed by atoms with Crippen LogP contribution in [0.3, 0.4) is 0 Å². The monoisotopic (exact) mass is 286 g/mol. The average molecular weight is 287 g/mol. The fraction of sp³-hybridized carbons (Fsp3) is 0.667. The highest BCUT2D eigenvalue weighted by Crippen LogP contribution is 2.15. The largest absolute Gasteiger partial charge is 0.322 e. The van der Waals surface area contributed by atoms with E-state index in [4.69, 9.17) is 0 Å². The van der Waals surface area contributed by atoms with E-state index in [1.165, 1.54) is 0 Å². The van der Waals surface area contributed by atoms with E-state index < -0.39 is 0 Å². The first kappa shape index (κ1) is 13.4. The van der Waals surface area contributed by atoms with Gasteiger partial charge in [-0.15, -0.1) is 0 Å². The van der Waals surface area contributed by atoms with Crippen molar-refractivity contribution in [3.63, 3.8) is 0 Å². The Kier molecular flexibility index (Phi) is 4.71. The Hall–Kier alpha value is -0.640. The van der Waals surface area contributed by atoms with E-state index in [0.717, 1.165) is 23.1 Å². The van der Waals surface area contributed by atoms with Crippen LogP contribution in [-0.2, 0) is 12.8 Å². The Morgan fingerprint density at radius 3 is 2.25 bits per heavy atom. The fourth-order valence-corrected chi connectivity index (χ4v) is 2.04. The Balaban J connectivity index is 3.02. The molecule has 0 saturated heterocycles. The predicted molar refractivity (Wildman–Crippen MR) is 69.6 cm³/mol. The number of rotatable bonds is 4. The first-order chi connectivity index (χ1) is 7.40. The lowest BCUT2D eigenvalue weighted by molar-refractivity contribution is 0.608. The van der Waals surface area contributed by atoms with Gasteiger partial charge in [-0.05, 0) is 40.6 Å². The summed E-state index contributed by atoms with van der Waals surface area (Å²) in [5, 5.41) is 0. The number of aromatic amines is 1. The number of aromatic nitrogens is 2. The highest BCUT2D eigenvalue weighted by atomic mass is 79.9. The quantitative estimate of drug-likeness (QED) is 0.925. The van der Waals surface area contributed by atoms with Gasteiger partial charge in [0.15, 0.2) is 0 Å². The summed E-state index contributed by atoms with van der Waals surface area (Å²) in [5.41, 5.74) is 1.47. The van der Waals surface area contributed by atoms with Crippen LogP contribution in [0.5, 0.6) is 0 Å². The minimum Gasteiger partial charge on any atom is -0.322 e. The molecule has 0 unspecified atom stereocenters. The zero-order chi connectivity index (χ0) is 12.3. The highest BCUT2D eigenvalue weighted by molar-refractivity contribution is 9.10. The first-order valence-corrected chi connectivity index (χ1v) is 6.47. The molecule has 0 aliphatic carbocycles. The van der Waals surface area contributed by atoms with E-state index in [0.29, 0.717) is 17.5 Å².